The highest BCUT2D eigenvalue weighted by atomic mass is 79.9. The maximum Gasteiger partial charge on any atom is 0.387 e. The summed E-state index contributed by atoms with van der Waals surface area (Å²) in [6, 6.07) is 10.7. The highest BCUT2D eigenvalue weighted by Gasteiger charge is 2.06. The van der Waals surface area contributed by atoms with Gasteiger partial charge in [-0.3, -0.25) is 0 Å². The van der Waals surface area contributed by atoms with Crippen LogP contribution in [0.25, 0.3) is 11.1 Å². The van der Waals surface area contributed by atoms with E-state index < -0.39 is 6.61 Å². The van der Waals surface area contributed by atoms with Crippen LogP contribution in [-0.2, 0) is 0 Å². The van der Waals surface area contributed by atoms with Crippen LogP contribution in [0.1, 0.15) is 0 Å². The molecule has 0 saturated carbocycles. The molecule has 0 bridgehead atoms. The summed E-state index contributed by atoms with van der Waals surface area (Å²) in [5, 5.41) is 0. The Labute approximate surface area is 110 Å². The molecule has 0 heterocycles. The van der Waals surface area contributed by atoms with Gasteiger partial charge in [0.25, 0.3) is 0 Å². The van der Waals surface area contributed by atoms with Crippen molar-refractivity contribution in [1.29, 1.82) is 0 Å². The molecule has 0 aromatic heterocycles. The third kappa shape index (κ3) is 3.04. The topological polar surface area (TPSA) is 9.23 Å². The number of ether oxygens (including phenoxy) is 1. The summed E-state index contributed by atoms with van der Waals surface area (Å²) >= 11 is 3.09. The third-order valence-electron chi connectivity index (χ3n) is 2.33. The maximum atomic E-state index is 13.1. The van der Waals surface area contributed by atoms with Gasteiger partial charge in [0.15, 0.2) is 0 Å². The van der Waals surface area contributed by atoms with Gasteiger partial charge in [-0.1, -0.05) is 18.2 Å². The summed E-state index contributed by atoms with van der Waals surface area (Å²) in [5.74, 6) is -0.258. The first-order valence-electron chi connectivity index (χ1n) is 5.06. The Kier molecular flexibility index (Phi) is 3.91. The minimum Gasteiger partial charge on any atom is -0.435 e. The van der Waals surface area contributed by atoms with Gasteiger partial charge in [-0.2, -0.15) is 8.78 Å². The largest absolute Gasteiger partial charge is 0.435 e. The normalized spacial score (nSPS) is 10.7. The number of hydrogen-bond donors (Lipinski definition) is 0. The highest BCUT2D eigenvalue weighted by molar-refractivity contribution is 9.10. The van der Waals surface area contributed by atoms with E-state index in [0.29, 0.717) is 4.47 Å². The van der Waals surface area contributed by atoms with Crippen molar-refractivity contribution in [1.82, 2.24) is 0 Å². The van der Waals surface area contributed by atoms with Gasteiger partial charge in [-0.25, -0.2) is 4.39 Å². The second-order valence-electron chi connectivity index (χ2n) is 3.53. The molecule has 0 unspecified atom stereocenters. The van der Waals surface area contributed by atoms with Crippen LogP contribution >= 0.6 is 15.9 Å². The van der Waals surface area contributed by atoms with Gasteiger partial charge in [0.2, 0.25) is 0 Å². The molecule has 2 aromatic carbocycles. The fourth-order valence-electron chi connectivity index (χ4n) is 1.50. The Balaban J connectivity index is 2.25. The lowest BCUT2D eigenvalue weighted by molar-refractivity contribution is -0.0498. The monoisotopic (exact) mass is 316 g/mol. The molecule has 2 aromatic rings. The van der Waals surface area contributed by atoms with Crippen LogP contribution in [0.3, 0.4) is 0 Å². The molecule has 0 radical (unpaired) electrons. The van der Waals surface area contributed by atoms with Gasteiger partial charge >= 0.3 is 6.61 Å². The highest BCUT2D eigenvalue weighted by Crippen LogP contribution is 2.27. The zero-order chi connectivity index (χ0) is 13.1. The lowest BCUT2D eigenvalue weighted by Crippen LogP contribution is -2.01. The van der Waals surface area contributed by atoms with Crippen molar-refractivity contribution in [2.24, 2.45) is 0 Å². The van der Waals surface area contributed by atoms with Crippen molar-refractivity contribution in [3.63, 3.8) is 0 Å². The lowest BCUT2D eigenvalue weighted by atomic mass is 10.1. The summed E-state index contributed by atoms with van der Waals surface area (Å²) in [7, 11) is 0. The number of alkyl halides is 2. The lowest BCUT2D eigenvalue weighted by Gasteiger charge is -2.06. The average Bonchev–Trinajstić information content (AvgIpc) is 2.33. The summed E-state index contributed by atoms with van der Waals surface area (Å²) in [6.07, 6.45) is 0. The van der Waals surface area contributed by atoms with E-state index in [1.54, 1.807) is 24.3 Å². The summed E-state index contributed by atoms with van der Waals surface area (Å²) in [6.45, 7) is -2.84. The Morgan fingerprint density at radius 2 is 1.56 bits per heavy atom. The van der Waals surface area contributed by atoms with Gasteiger partial charge in [-0.15, -0.1) is 0 Å². The minimum absolute atomic E-state index is 0.0925. The first kappa shape index (κ1) is 13.0. The van der Waals surface area contributed by atoms with Gasteiger partial charge in [0, 0.05) is 0 Å². The molecule has 1 nitrogen and oxygen atoms in total. The van der Waals surface area contributed by atoms with E-state index in [1.165, 1.54) is 18.2 Å². The minimum atomic E-state index is -2.84. The molecular weight excluding hydrogens is 309 g/mol. The van der Waals surface area contributed by atoms with E-state index >= 15 is 0 Å². The molecule has 0 aliphatic heterocycles. The number of halogens is 4. The van der Waals surface area contributed by atoms with Crippen molar-refractivity contribution >= 4 is 15.9 Å². The molecule has 0 spiro atoms. The molecule has 0 aliphatic rings. The molecule has 0 atom stereocenters. The molecule has 94 valence electrons. The van der Waals surface area contributed by atoms with Gasteiger partial charge in [0.05, 0.1) is 4.47 Å². The van der Waals surface area contributed by atoms with Crippen molar-refractivity contribution in [3.8, 4) is 16.9 Å². The van der Waals surface area contributed by atoms with Crippen LogP contribution in [0.2, 0.25) is 0 Å². The first-order chi connectivity index (χ1) is 8.56. The standard InChI is InChI=1S/C13H8BrF3O/c14-11-7-9(3-6-12(11)15)8-1-4-10(5-2-8)18-13(16)17/h1-7,13H. The fourth-order valence-corrected chi connectivity index (χ4v) is 1.88. The Morgan fingerprint density at radius 3 is 2.11 bits per heavy atom. The molecule has 0 N–H and O–H groups in total. The van der Waals surface area contributed by atoms with Crippen LogP contribution in [-0.4, -0.2) is 6.61 Å². The second kappa shape index (κ2) is 5.44. The third-order valence-corrected chi connectivity index (χ3v) is 2.94. The Bertz CT molecular complexity index is 540. The zero-order valence-corrected chi connectivity index (χ0v) is 10.6. The molecular formula is C13H8BrF3O. The molecule has 0 fully saturated rings. The predicted molar refractivity (Wildman–Crippen MR) is 66.2 cm³/mol. The molecule has 2 rings (SSSR count). The van der Waals surface area contributed by atoms with Crippen molar-refractivity contribution in [2.45, 2.75) is 6.61 Å². The molecule has 0 amide bonds. The molecule has 5 heteroatoms. The fraction of sp³-hybridized carbons (Fsp3) is 0.0769. The first-order valence-corrected chi connectivity index (χ1v) is 5.86. The van der Waals surface area contributed by atoms with Crippen LogP contribution in [0.5, 0.6) is 5.75 Å². The van der Waals surface area contributed by atoms with Crippen molar-refractivity contribution in [3.05, 3.63) is 52.8 Å². The van der Waals surface area contributed by atoms with E-state index in [4.69, 9.17) is 0 Å². The zero-order valence-electron chi connectivity index (χ0n) is 9.04. The van der Waals surface area contributed by atoms with Crippen LogP contribution in [0.15, 0.2) is 46.9 Å². The number of benzene rings is 2. The van der Waals surface area contributed by atoms with Crippen LogP contribution in [0, 0.1) is 5.82 Å². The van der Waals surface area contributed by atoms with E-state index in [-0.39, 0.29) is 11.6 Å². The second-order valence-corrected chi connectivity index (χ2v) is 4.39. The van der Waals surface area contributed by atoms with Crippen molar-refractivity contribution < 1.29 is 17.9 Å². The molecule has 0 saturated heterocycles. The predicted octanol–water partition coefficient (Wildman–Crippen LogP) is 4.86. The van der Waals surface area contributed by atoms with E-state index in [9.17, 15) is 13.2 Å². The van der Waals surface area contributed by atoms with Gasteiger partial charge in [0.1, 0.15) is 11.6 Å². The van der Waals surface area contributed by atoms with Crippen LogP contribution < -0.4 is 4.74 Å². The summed E-state index contributed by atoms with van der Waals surface area (Å²) in [5.41, 5.74) is 1.57. The van der Waals surface area contributed by atoms with E-state index in [1.807, 2.05) is 0 Å². The van der Waals surface area contributed by atoms with Gasteiger partial charge in [-0.05, 0) is 51.3 Å². The Morgan fingerprint density at radius 1 is 0.944 bits per heavy atom. The SMILES string of the molecule is Fc1ccc(-c2ccc(OC(F)F)cc2)cc1Br. The quantitative estimate of drug-likeness (QED) is 0.786. The maximum absolute atomic E-state index is 13.1. The average molecular weight is 317 g/mol. The van der Waals surface area contributed by atoms with E-state index in [2.05, 4.69) is 20.7 Å². The Hall–Kier alpha value is -1.49. The van der Waals surface area contributed by atoms with Crippen LogP contribution in [0.4, 0.5) is 13.2 Å². The summed E-state index contributed by atoms with van der Waals surface area (Å²) in [4.78, 5) is 0. The van der Waals surface area contributed by atoms with Gasteiger partial charge < -0.3 is 4.74 Å². The van der Waals surface area contributed by atoms with Crippen molar-refractivity contribution in [2.75, 3.05) is 0 Å². The molecule has 18 heavy (non-hydrogen) atoms. The molecule has 0 aliphatic carbocycles. The van der Waals surface area contributed by atoms with E-state index in [0.717, 1.165) is 11.1 Å². The number of rotatable bonds is 3. The summed E-state index contributed by atoms with van der Waals surface area (Å²) < 4.78 is 41.6. The number of hydrogen-bond acceptors (Lipinski definition) is 1. The smallest absolute Gasteiger partial charge is 0.387 e.